The molecule has 0 aromatic heterocycles. The number of rotatable bonds is 5. The molecule has 21 heavy (non-hydrogen) atoms. The topological polar surface area (TPSA) is 58.4 Å². The summed E-state index contributed by atoms with van der Waals surface area (Å²) in [6.45, 7) is 7.95. The summed E-state index contributed by atoms with van der Waals surface area (Å²) in [5, 5.41) is 0. The molecular weight excluding hydrogens is 262 g/mol. The summed E-state index contributed by atoms with van der Waals surface area (Å²) in [6.07, 6.45) is 5.18. The summed E-state index contributed by atoms with van der Waals surface area (Å²) < 4.78 is 0. The number of nitrogen functional groups attached to an aromatic ring is 1. The second-order valence-corrected chi connectivity index (χ2v) is 6.15. The molecule has 1 saturated heterocycles. The van der Waals surface area contributed by atoms with Gasteiger partial charge in [0.2, 0.25) is 0 Å². The van der Waals surface area contributed by atoms with E-state index in [0.717, 1.165) is 6.54 Å². The van der Waals surface area contributed by atoms with E-state index >= 15 is 0 Å². The Morgan fingerprint density at radius 2 is 1.76 bits per heavy atom. The van der Waals surface area contributed by atoms with Gasteiger partial charge in [-0.2, -0.15) is 0 Å². The molecule has 1 aromatic carbocycles. The van der Waals surface area contributed by atoms with E-state index in [9.17, 15) is 4.79 Å². The molecule has 2 rings (SSSR count). The highest BCUT2D eigenvalue weighted by molar-refractivity contribution is 5.93. The van der Waals surface area contributed by atoms with Gasteiger partial charge in [-0.05, 0) is 49.0 Å². The number of carbonyl (C=O) groups is 1. The molecule has 4 nitrogen and oxygen atoms in total. The van der Waals surface area contributed by atoms with Crippen molar-refractivity contribution in [1.29, 1.82) is 0 Å². The van der Waals surface area contributed by atoms with E-state index in [1.807, 2.05) is 24.3 Å². The summed E-state index contributed by atoms with van der Waals surface area (Å²) in [5.74, 6) is 4.89. The molecule has 116 valence electrons. The normalized spacial score (nSPS) is 18.4. The van der Waals surface area contributed by atoms with Crippen LogP contribution < -0.4 is 11.3 Å². The lowest BCUT2D eigenvalue weighted by molar-refractivity contribution is 0.0908. The van der Waals surface area contributed by atoms with Gasteiger partial charge >= 0.3 is 0 Å². The minimum Gasteiger partial charge on any atom is -0.299 e. The number of hydrogen-bond donors (Lipinski definition) is 2. The number of nitrogens with two attached hydrogens (primary N) is 1. The number of amides is 1. The quantitative estimate of drug-likeness (QED) is 0.498. The van der Waals surface area contributed by atoms with Crippen LogP contribution in [0.4, 0.5) is 0 Å². The van der Waals surface area contributed by atoms with Crippen LogP contribution in [0.1, 0.15) is 55.5 Å². The molecule has 1 aromatic rings. The third-order valence-electron chi connectivity index (χ3n) is 5.17. The highest BCUT2D eigenvalue weighted by Gasteiger charge is 2.30. The summed E-state index contributed by atoms with van der Waals surface area (Å²) in [5.41, 5.74) is 4.58. The van der Waals surface area contributed by atoms with Gasteiger partial charge in [0, 0.05) is 12.1 Å². The Hall–Kier alpha value is -1.39. The Bertz CT molecular complexity index is 455. The van der Waals surface area contributed by atoms with Gasteiger partial charge in [-0.1, -0.05) is 38.8 Å². The fraction of sp³-hybridized carbons (Fsp3) is 0.588. The number of likely N-dealkylation sites (tertiary alicyclic amines) is 1. The Morgan fingerprint density at radius 1 is 1.19 bits per heavy atom. The Labute approximate surface area is 127 Å². The first-order valence-electron chi connectivity index (χ1n) is 7.94. The number of hydrazine groups is 1. The molecule has 0 unspecified atom stereocenters. The standard InChI is InChI=1S/C17H27N3O/c1-3-17(4-2)9-11-20(12-10-17)13-14-5-7-15(8-6-14)16(21)19-18/h5-8H,3-4,9-13,18H2,1-2H3,(H,19,21). The minimum atomic E-state index is -0.241. The molecular formula is C17H27N3O. The van der Waals surface area contributed by atoms with Crippen LogP contribution in [0, 0.1) is 5.41 Å². The monoisotopic (exact) mass is 289 g/mol. The van der Waals surface area contributed by atoms with E-state index in [4.69, 9.17) is 5.84 Å². The van der Waals surface area contributed by atoms with Crippen molar-refractivity contribution in [2.24, 2.45) is 11.3 Å². The number of nitrogens with zero attached hydrogens (tertiary/aromatic N) is 1. The number of nitrogens with one attached hydrogen (secondary N) is 1. The fourth-order valence-electron chi connectivity index (χ4n) is 3.25. The third kappa shape index (κ3) is 3.83. The van der Waals surface area contributed by atoms with Crippen LogP contribution in [0.5, 0.6) is 0 Å². The van der Waals surface area contributed by atoms with E-state index < -0.39 is 0 Å². The van der Waals surface area contributed by atoms with Crippen LogP contribution >= 0.6 is 0 Å². The van der Waals surface area contributed by atoms with Gasteiger partial charge < -0.3 is 0 Å². The van der Waals surface area contributed by atoms with Gasteiger partial charge in [0.25, 0.3) is 5.91 Å². The first-order chi connectivity index (χ1) is 10.1. The fourth-order valence-corrected chi connectivity index (χ4v) is 3.25. The molecule has 1 heterocycles. The molecule has 0 atom stereocenters. The van der Waals surface area contributed by atoms with Crippen molar-refractivity contribution in [3.63, 3.8) is 0 Å². The van der Waals surface area contributed by atoms with Crippen LogP contribution in [-0.4, -0.2) is 23.9 Å². The van der Waals surface area contributed by atoms with Gasteiger partial charge in [-0.25, -0.2) is 5.84 Å². The molecule has 3 N–H and O–H groups in total. The smallest absolute Gasteiger partial charge is 0.265 e. The molecule has 1 aliphatic heterocycles. The zero-order valence-corrected chi connectivity index (χ0v) is 13.2. The predicted molar refractivity (Wildman–Crippen MR) is 85.6 cm³/mol. The molecule has 4 heteroatoms. The highest BCUT2D eigenvalue weighted by atomic mass is 16.2. The summed E-state index contributed by atoms with van der Waals surface area (Å²) in [7, 11) is 0. The van der Waals surface area contributed by atoms with Crippen LogP contribution in [0.15, 0.2) is 24.3 Å². The molecule has 0 saturated carbocycles. The van der Waals surface area contributed by atoms with Crippen molar-refractivity contribution in [2.45, 2.75) is 46.1 Å². The second kappa shape index (κ2) is 7.05. The van der Waals surface area contributed by atoms with Gasteiger partial charge in [0.05, 0.1) is 0 Å². The van der Waals surface area contributed by atoms with Crippen LogP contribution in [0.2, 0.25) is 0 Å². The third-order valence-corrected chi connectivity index (χ3v) is 5.17. The molecule has 1 amide bonds. The maximum Gasteiger partial charge on any atom is 0.265 e. The predicted octanol–water partition coefficient (Wildman–Crippen LogP) is 2.69. The molecule has 0 bridgehead atoms. The van der Waals surface area contributed by atoms with Crippen molar-refractivity contribution in [1.82, 2.24) is 10.3 Å². The molecule has 0 radical (unpaired) electrons. The maximum absolute atomic E-state index is 11.4. The zero-order chi connectivity index (χ0) is 15.3. The van der Waals surface area contributed by atoms with E-state index in [1.54, 1.807) is 0 Å². The van der Waals surface area contributed by atoms with Crippen LogP contribution in [0.3, 0.4) is 0 Å². The zero-order valence-electron chi connectivity index (χ0n) is 13.2. The lowest BCUT2D eigenvalue weighted by Gasteiger charge is -2.41. The first-order valence-corrected chi connectivity index (χ1v) is 7.94. The first kappa shape index (κ1) is 16.0. The van der Waals surface area contributed by atoms with E-state index in [-0.39, 0.29) is 5.91 Å². The van der Waals surface area contributed by atoms with Crippen LogP contribution in [0.25, 0.3) is 0 Å². The SMILES string of the molecule is CCC1(CC)CCN(Cc2ccc(C(=O)NN)cc2)CC1. The van der Waals surface area contributed by atoms with Gasteiger partial charge in [0.15, 0.2) is 0 Å². The largest absolute Gasteiger partial charge is 0.299 e. The lowest BCUT2D eigenvalue weighted by Crippen LogP contribution is -2.39. The summed E-state index contributed by atoms with van der Waals surface area (Å²) >= 11 is 0. The maximum atomic E-state index is 11.4. The van der Waals surface area contributed by atoms with E-state index in [2.05, 4.69) is 24.2 Å². The number of carbonyl (C=O) groups excluding carboxylic acids is 1. The van der Waals surface area contributed by atoms with Crippen molar-refractivity contribution < 1.29 is 4.79 Å². The Morgan fingerprint density at radius 3 is 2.24 bits per heavy atom. The Kier molecular flexibility index (Phi) is 5.37. The number of hydrogen-bond acceptors (Lipinski definition) is 3. The molecule has 0 aliphatic carbocycles. The molecule has 1 aliphatic rings. The van der Waals surface area contributed by atoms with E-state index in [0.29, 0.717) is 11.0 Å². The van der Waals surface area contributed by atoms with Gasteiger partial charge in [-0.3, -0.25) is 15.1 Å². The molecule has 0 spiro atoms. The van der Waals surface area contributed by atoms with Crippen molar-refractivity contribution in [3.8, 4) is 0 Å². The van der Waals surface area contributed by atoms with Crippen molar-refractivity contribution in [2.75, 3.05) is 13.1 Å². The number of piperidine rings is 1. The Balaban J connectivity index is 1.90. The summed E-state index contributed by atoms with van der Waals surface area (Å²) in [6, 6.07) is 7.71. The molecule has 1 fully saturated rings. The second-order valence-electron chi connectivity index (χ2n) is 6.15. The highest BCUT2D eigenvalue weighted by Crippen LogP contribution is 2.38. The van der Waals surface area contributed by atoms with Gasteiger partial charge in [-0.15, -0.1) is 0 Å². The lowest BCUT2D eigenvalue weighted by atomic mass is 9.74. The number of benzene rings is 1. The van der Waals surface area contributed by atoms with Crippen molar-refractivity contribution >= 4 is 5.91 Å². The average molecular weight is 289 g/mol. The minimum absolute atomic E-state index is 0.241. The van der Waals surface area contributed by atoms with Gasteiger partial charge in [0.1, 0.15) is 0 Å². The van der Waals surface area contributed by atoms with Crippen LogP contribution in [-0.2, 0) is 6.54 Å². The average Bonchev–Trinajstić information content (AvgIpc) is 2.56. The van der Waals surface area contributed by atoms with Crippen molar-refractivity contribution in [3.05, 3.63) is 35.4 Å². The van der Waals surface area contributed by atoms with E-state index in [1.165, 1.54) is 44.3 Å². The summed E-state index contributed by atoms with van der Waals surface area (Å²) in [4.78, 5) is 13.9.